The lowest BCUT2D eigenvalue weighted by Crippen LogP contribution is -2.42. The molecule has 1 fully saturated rings. The Kier molecular flexibility index (Phi) is 3.42. The molecule has 1 aliphatic carbocycles. The lowest BCUT2D eigenvalue weighted by atomic mass is 9.87. The fourth-order valence-electron chi connectivity index (χ4n) is 3.16. The minimum absolute atomic E-state index is 0.000779. The molecule has 102 valence electrons. The van der Waals surface area contributed by atoms with Crippen LogP contribution in [0, 0.1) is 0 Å². The van der Waals surface area contributed by atoms with Crippen molar-refractivity contribution in [1.82, 2.24) is 10.6 Å². The fraction of sp³-hybridized carbons (Fsp3) is 0.533. The van der Waals surface area contributed by atoms with Crippen molar-refractivity contribution >= 4 is 11.6 Å². The summed E-state index contributed by atoms with van der Waals surface area (Å²) in [5, 5.41) is 6.44. The fourth-order valence-corrected chi connectivity index (χ4v) is 3.16. The van der Waals surface area contributed by atoms with Crippen molar-refractivity contribution in [2.75, 3.05) is 12.3 Å². The molecular weight excluding hydrogens is 238 g/mol. The number of carbonyl (C=O) groups excluding carboxylic acids is 1. The van der Waals surface area contributed by atoms with E-state index in [1.165, 1.54) is 11.1 Å². The van der Waals surface area contributed by atoms with Crippen LogP contribution in [0.4, 0.5) is 5.69 Å². The van der Waals surface area contributed by atoms with Crippen LogP contribution in [0.1, 0.15) is 42.9 Å². The number of nitrogen functional groups attached to an aromatic ring is 1. The zero-order valence-electron chi connectivity index (χ0n) is 11.1. The molecule has 1 aliphatic heterocycles. The zero-order valence-corrected chi connectivity index (χ0v) is 11.1. The number of carbonyl (C=O) groups is 1. The second-order valence-electron chi connectivity index (χ2n) is 5.56. The van der Waals surface area contributed by atoms with E-state index < -0.39 is 0 Å². The molecule has 0 saturated carbocycles. The van der Waals surface area contributed by atoms with Crippen LogP contribution in [0.15, 0.2) is 18.2 Å². The molecule has 0 radical (unpaired) electrons. The molecule has 4 heteroatoms. The quantitative estimate of drug-likeness (QED) is 0.705. The third-order valence-electron chi connectivity index (χ3n) is 4.17. The maximum absolute atomic E-state index is 12.2. The largest absolute Gasteiger partial charge is 0.399 e. The average Bonchev–Trinajstić information content (AvgIpc) is 2.92. The van der Waals surface area contributed by atoms with Crippen LogP contribution in [0.5, 0.6) is 0 Å². The summed E-state index contributed by atoms with van der Waals surface area (Å²) in [7, 11) is 0. The van der Waals surface area contributed by atoms with Crippen molar-refractivity contribution in [3.8, 4) is 0 Å². The Morgan fingerprint density at radius 1 is 1.32 bits per heavy atom. The predicted octanol–water partition coefficient (Wildman–Crippen LogP) is 1.51. The maximum atomic E-state index is 12.2. The molecule has 1 amide bonds. The second kappa shape index (κ2) is 5.21. The van der Waals surface area contributed by atoms with Gasteiger partial charge in [-0.15, -0.1) is 0 Å². The van der Waals surface area contributed by atoms with Crippen LogP contribution in [-0.2, 0) is 11.2 Å². The van der Waals surface area contributed by atoms with E-state index in [1.807, 2.05) is 12.1 Å². The highest BCUT2D eigenvalue weighted by atomic mass is 16.2. The molecule has 2 unspecified atom stereocenters. The van der Waals surface area contributed by atoms with Crippen molar-refractivity contribution in [3.63, 3.8) is 0 Å². The summed E-state index contributed by atoms with van der Waals surface area (Å²) in [5.74, 6) is 0.146. The first kappa shape index (κ1) is 12.5. The second-order valence-corrected chi connectivity index (χ2v) is 5.56. The molecule has 4 nitrogen and oxygen atoms in total. The third kappa shape index (κ3) is 2.59. The van der Waals surface area contributed by atoms with Gasteiger partial charge in [-0.2, -0.15) is 0 Å². The van der Waals surface area contributed by atoms with Gasteiger partial charge in [0.2, 0.25) is 5.91 Å². The van der Waals surface area contributed by atoms with Crippen molar-refractivity contribution < 1.29 is 4.79 Å². The van der Waals surface area contributed by atoms with E-state index in [2.05, 4.69) is 16.7 Å². The van der Waals surface area contributed by atoms with Gasteiger partial charge < -0.3 is 16.4 Å². The number of hydrogen-bond acceptors (Lipinski definition) is 3. The molecule has 2 aliphatic rings. The summed E-state index contributed by atoms with van der Waals surface area (Å²) in [5.41, 5.74) is 9.17. The highest BCUT2D eigenvalue weighted by molar-refractivity contribution is 5.82. The van der Waals surface area contributed by atoms with Crippen molar-refractivity contribution in [3.05, 3.63) is 29.3 Å². The average molecular weight is 259 g/mol. The predicted molar refractivity (Wildman–Crippen MR) is 75.7 cm³/mol. The minimum Gasteiger partial charge on any atom is -0.399 e. The summed E-state index contributed by atoms with van der Waals surface area (Å²) >= 11 is 0. The molecule has 1 saturated heterocycles. The van der Waals surface area contributed by atoms with Gasteiger partial charge in [0.25, 0.3) is 0 Å². The lowest BCUT2D eigenvalue weighted by Gasteiger charge is -2.27. The lowest BCUT2D eigenvalue weighted by molar-refractivity contribution is -0.123. The van der Waals surface area contributed by atoms with E-state index in [0.717, 1.165) is 44.3 Å². The van der Waals surface area contributed by atoms with Gasteiger partial charge in [-0.1, -0.05) is 6.07 Å². The van der Waals surface area contributed by atoms with Crippen LogP contribution in [-0.4, -0.2) is 18.5 Å². The summed E-state index contributed by atoms with van der Waals surface area (Å²) in [4.78, 5) is 12.2. The van der Waals surface area contributed by atoms with Gasteiger partial charge >= 0.3 is 0 Å². The standard InChI is InChI=1S/C15H21N3O/c16-11-6-7-12-10(9-11)3-1-4-13(12)18-15(19)14-5-2-8-17-14/h6-7,9,13-14,17H,1-5,8,16H2,(H,18,19). The summed E-state index contributed by atoms with van der Waals surface area (Å²) < 4.78 is 0. The van der Waals surface area contributed by atoms with Gasteiger partial charge in [0.15, 0.2) is 0 Å². The maximum Gasteiger partial charge on any atom is 0.237 e. The SMILES string of the molecule is Nc1ccc2c(c1)CCCC2NC(=O)C1CCCN1. The Balaban J connectivity index is 1.74. The Bertz CT molecular complexity index is 480. The normalized spacial score (nSPS) is 25.9. The van der Waals surface area contributed by atoms with Gasteiger partial charge in [0.05, 0.1) is 12.1 Å². The van der Waals surface area contributed by atoms with E-state index in [9.17, 15) is 4.79 Å². The number of nitrogens with two attached hydrogens (primary N) is 1. The number of amides is 1. The molecule has 2 atom stereocenters. The molecule has 1 aromatic rings. The smallest absolute Gasteiger partial charge is 0.237 e. The molecule has 1 aromatic carbocycles. The number of rotatable bonds is 2. The third-order valence-corrected chi connectivity index (χ3v) is 4.17. The van der Waals surface area contributed by atoms with E-state index in [4.69, 9.17) is 5.73 Å². The topological polar surface area (TPSA) is 67.1 Å². The molecule has 0 bridgehead atoms. The van der Waals surface area contributed by atoms with Gasteiger partial charge in [-0.3, -0.25) is 4.79 Å². The van der Waals surface area contributed by atoms with Gasteiger partial charge in [0, 0.05) is 5.69 Å². The molecule has 19 heavy (non-hydrogen) atoms. The first-order valence-corrected chi connectivity index (χ1v) is 7.16. The van der Waals surface area contributed by atoms with E-state index in [-0.39, 0.29) is 18.0 Å². The van der Waals surface area contributed by atoms with Gasteiger partial charge in [-0.25, -0.2) is 0 Å². The summed E-state index contributed by atoms with van der Waals surface area (Å²) in [6.45, 7) is 0.954. The first-order chi connectivity index (χ1) is 9.24. The Hall–Kier alpha value is -1.55. The molecule has 1 heterocycles. The monoisotopic (exact) mass is 259 g/mol. The highest BCUT2D eigenvalue weighted by Crippen LogP contribution is 2.31. The zero-order chi connectivity index (χ0) is 13.2. The number of hydrogen-bond donors (Lipinski definition) is 3. The van der Waals surface area contributed by atoms with E-state index in [1.54, 1.807) is 0 Å². The number of anilines is 1. The van der Waals surface area contributed by atoms with Crippen molar-refractivity contribution in [2.45, 2.75) is 44.2 Å². The van der Waals surface area contributed by atoms with Crippen LogP contribution in [0.25, 0.3) is 0 Å². The summed E-state index contributed by atoms with van der Waals surface area (Å²) in [6.07, 6.45) is 5.24. The van der Waals surface area contributed by atoms with Crippen LogP contribution in [0.2, 0.25) is 0 Å². The molecule has 4 N–H and O–H groups in total. The number of benzene rings is 1. The number of aryl methyl sites for hydroxylation is 1. The minimum atomic E-state index is -0.000779. The van der Waals surface area contributed by atoms with Gasteiger partial charge in [0.1, 0.15) is 0 Å². The number of fused-ring (bicyclic) bond motifs is 1. The Labute approximate surface area is 113 Å². The van der Waals surface area contributed by atoms with Crippen LogP contribution in [0.3, 0.4) is 0 Å². The Morgan fingerprint density at radius 3 is 3.00 bits per heavy atom. The van der Waals surface area contributed by atoms with E-state index in [0.29, 0.717) is 0 Å². The Morgan fingerprint density at radius 2 is 2.21 bits per heavy atom. The molecular formula is C15H21N3O. The van der Waals surface area contributed by atoms with Crippen LogP contribution < -0.4 is 16.4 Å². The van der Waals surface area contributed by atoms with Crippen LogP contribution >= 0.6 is 0 Å². The van der Waals surface area contributed by atoms with E-state index >= 15 is 0 Å². The molecule has 0 spiro atoms. The van der Waals surface area contributed by atoms with Crippen molar-refractivity contribution in [2.24, 2.45) is 0 Å². The summed E-state index contributed by atoms with van der Waals surface area (Å²) in [6, 6.07) is 6.19. The molecule has 0 aromatic heterocycles. The first-order valence-electron chi connectivity index (χ1n) is 7.16. The molecule has 3 rings (SSSR count). The highest BCUT2D eigenvalue weighted by Gasteiger charge is 2.27. The number of nitrogens with one attached hydrogen (secondary N) is 2. The van der Waals surface area contributed by atoms with Crippen molar-refractivity contribution in [1.29, 1.82) is 0 Å². The van der Waals surface area contributed by atoms with Gasteiger partial charge in [-0.05, 0) is 61.9 Å².